The molecule has 6 rings (SSSR count). The van der Waals surface area contributed by atoms with Crippen LogP contribution in [0.15, 0.2) is 36.7 Å². The first-order chi connectivity index (χ1) is 19.3. The number of fused-ring (bicyclic) bond motifs is 7. The Morgan fingerprint density at radius 3 is 2.46 bits per heavy atom. The monoisotopic (exact) mass is 560 g/mol. The highest BCUT2D eigenvalue weighted by Crippen LogP contribution is 2.77. The van der Waals surface area contributed by atoms with Gasteiger partial charge in [-0.2, -0.15) is 0 Å². The van der Waals surface area contributed by atoms with Crippen LogP contribution in [0.3, 0.4) is 0 Å². The van der Waals surface area contributed by atoms with Crippen molar-refractivity contribution in [2.24, 2.45) is 56.7 Å². The van der Waals surface area contributed by atoms with Crippen LogP contribution in [0.5, 0.6) is 0 Å². The van der Waals surface area contributed by atoms with Crippen molar-refractivity contribution in [3.8, 4) is 0 Å². The molecule has 0 aromatic carbocycles. The van der Waals surface area contributed by atoms with Gasteiger partial charge in [0.2, 0.25) is 5.91 Å². The third-order valence-electron chi connectivity index (χ3n) is 14.9. The van der Waals surface area contributed by atoms with Crippen molar-refractivity contribution in [2.75, 3.05) is 6.54 Å². The van der Waals surface area contributed by atoms with Crippen LogP contribution in [0.1, 0.15) is 111 Å². The van der Waals surface area contributed by atoms with Gasteiger partial charge in [-0.15, -0.1) is 0 Å². The molecule has 4 heteroatoms. The van der Waals surface area contributed by atoms with Crippen molar-refractivity contribution in [1.82, 2.24) is 10.3 Å². The molecule has 5 fully saturated rings. The zero-order chi connectivity index (χ0) is 29.4. The summed E-state index contributed by atoms with van der Waals surface area (Å²) in [6.07, 6.45) is 15.7. The highest BCUT2D eigenvalue weighted by molar-refractivity contribution is 5.84. The topological polar surface area (TPSA) is 62.2 Å². The van der Waals surface area contributed by atoms with Gasteiger partial charge >= 0.3 is 0 Å². The van der Waals surface area contributed by atoms with Gasteiger partial charge in [-0.1, -0.05) is 52.8 Å². The number of carbonyl (C=O) groups is 1. The second-order valence-electron chi connectivity index (χ2n) is 16.6. The van der Waals surface area contributed by atoms with Crippen LogP contribution in [0, 0.1) is 56.7 Å². The van der Waals surface area contributed by atoms with E-state index < -0.39 is 0 Å². The Balaban J connectivity index is 1.30. The van der Waals surface area contributed by atoms with E-state index in [1.165, 1.54) is 36.8 Å². The molecule has 10 atom stereocenters. The summed E-state index contributed by atoms with van der Waals surface area (Å²) < 4.78 is 0. The van der Waals surface area contributed by atoms with E-state index in [0.717, 1.165) is 44.9 Å². The van der Waals surface area contributed by atoms with Gasteiger partial charge in [-0.05, 0) is 140 Å². The fourth-order valence-corrected chi connectivity index (χ4v) is 12.6. The third-order valence-corrected chi connectivity index (χ3v) is 14.9. The molecule has 5 aliphatic carbocycles. The summed E-state index contributed by atoms with van der Waals surface area (Å²) >= 11 is 0. The summed E-state index contributed by atoms with van der Waals surface area (Å²) in [7, 11) is 0. The second-order valence-corrected chi connectivity index (χ2v) is 16.6. The molecule has 5 aliphatic rings. The maximum Gasteiger partial charge on any atom is 0.226 e. The van der Waals surface area contributed by atoms with Crippen LogP contribution in [-0.4, -0.2) is 28.6 Å². The lowest BCUT2D eigenvalue weighted by molar-refractivity contribution is -0.246. The smallest absolute Gasteiger partial charge is 0.226 e. The van der Waals surface area contributed by atoms with Crippen molar-refractivity contribution in [3.05, 3.63) is 42.2 Å². The molecular weight excluding hydrogens is 504 g/mol. The Morgan fingerprint density at radius 2 is 1.76 bits per heavy atom. The summed E-state index contributed by atoms with van der Waals surface area (Å²) in [5, 5.41) is 14.5. The fraction of sp³-hybridized carbons (Fsp3) is 0.784. The minimum atomic E-state index is -0.260. The largest absolute Gasteiger partial charge is 0.393 e. The predicted molar refractivity (Wildman–Crippen MR) is 166 cm³/mol. The molecule has 0 spiro atoms. The molecule has 0 aliphatic heterocycles. The van der Waals surface area contributed by atoms with E-state index in [-0.39, 0.29) is 33.2 Å². The van der Waals surface area contributed by atoms with Gasteiger partial charge in [0.15, 0.2) is 0 Å². The Hall–Kier alpha value is -1.68. The summed E-state index contributed by atoms with van der Waals surface area (Å²) in [4.78, 5) is 18.5. The lowest BCUT2D eigenvalue weighted by Crippen LogP contribution is -2.67. The van der Waals surface area contributed by atoms with Crippen LogP contribution in [-0.2, 0) is 11.2 Å². The average Bonchev–Trinajstić information content (AvgIpc) is 3.33. The number of nitrogens with zero attached hydrogens (tertiary/aromatic N) is 1. The number of carbonyl (C=O) groups excluding carboxylic acids is 1. The van der Waals surface area contributed by atoms with E-state index in [1.807, 2.05) is 18.5 Å². The molecule has 1 aromatic heterocycles. The first kappa shape index (κ1) is 29.4. The van der Waals surface area contributed by atoms with E-state index in [0.29, 0.717) is 42.0 Å². The minimum absolute atomic E-state index is 0.0157. The van der Waals surface area contributed by atoms with Crippen molar-refractivity contribution in [1.29, 1.82) is 0 Å². The Kier molecular flexibility index (Phi) is 7.12. The number of amides is 1. The zero-order valence-electron chi connectivity index (χ0n) is 26.8. The first-order valence-electron chi connectivity index (χ1n) is 16.8. The second kappa shape index (κ2) is 9.93. The lowest BCUT2D eigenvalue weighted by Gasteiger charge is -2.72. The highest BCUT2D eigenvalue weighted by atomic mass is 16.3. The Bertz CT molecular complexity index is 1180. The highest BCUT2D eigenvalue weighted by Gasteiger charge is 2.71. The molecular formula is C37H56N2O2. The van der Waals surface area contributed by atoms with Crippen molar-refractivity contribution >= 4 is 5.91 Å². The molecule has 1 amide bonds. The molecule has 5 saturated carbocycles. The molecule has 4 nitrogen and oxygen atoms in total. The van der Waals surface area contributed by atoms with E-state index in [9.17, 15) is 9.90 Å². The number of hydrogen-bond acceptors (Lipinski definition) is 3. The van der Waals surface area contributed by atoms with Crippen LogP contribution in [0.2, 0.25) is 0 Å². The van der Waals surface area contributed by atoms with Gasteiger partial charge < -0.3 is 10.4 Å². The van der Waals surface area contributed by atoms with Crippen molar-refractivity contribution < 1.29 is 9.90 Å². The van der Waals surface area contributed by atoms with Crippen LogP contribution in [0.25, 0.3) is 0 Å². The Morgan fingerprint density at radius 1 is 0.976 bits per heavy atom. The maximum absolute atomic E-state index is 14.3. The zero-order valence-corrected chi connectivity index (χ0v) is 26.8. The number of rotatable bonds is 5. The number of hydrogen-bond donors (Lipinski definition) is 2. The molecule has 0 radical (unpaired) electrons. The number of aromatic nitrogens is 1. The average molecular weight is 561 g/mol. The van der Waals surface area contributed by atoms with Crippen LogP contribution >= 0.6 is 0 Å². The molecule has 41 heavy (non-hydrogen) atoms. The molecule has 1 unspecified atom stereocenters. The SMILES string of the molecule is C=C(C)[C@@H]1CC[C@]2(C(=O)NCCc3cccnc3)CC[C@]3(C)[C@H](CC[C@@H]4[C@@]5(C)CC[C@H](O)C(C)(C)[C@@H]5CC[C@]43C)C12. The molecule has 0 saturated heterocycles. The van der Waals surface area contributed by atoms with E-state index in [1.54, 1.807) is 0 Å². The fourth-order valence-electron chi connectivity index (χ4n) is 12.6. The predicted octanol–water partition coefficient (Wildman–Crippen LogP) is 7.76. The molecule has 1 aromatic rings. The quantitative estimate of drug-likeness (QED) is 0.362. The molecule has 1 heterocycles. The van der Waals surface area contributed by atoms with Crippen molar-refractivity contribution in [2.45, 2.75) is 118 Å². The summed E-state index contributed by atoms with van der Waals surface area (Å²) in [6, 6.07) is 4.07. The normalized spacial score (nSPS) is 46.4. The summed E-state index contributed by atoms with van der Waals surface area (Å²) in [5.41, 5.74) is 2.97. The molecule has 226 valence electrons. The van der Waals surface area contributed by atoms with Gasteiger partial charge in [0.1, 0.15) is 0 Å². The first-order valence-corrected chi connectivity index (χ1v) is 16.8. The summed E-state index contributed by atoms with van der Waals surface area (Å²) in [5.74, 6) is 2.98. The number of pyridine rings is 1. The van der Waals surface area contributed by atoms with Crippen molar-refractivity contribution in [3.63, 3.8) is 0 Å². The van der Waals surface area contributed by atoms with Gasteiger partial charge in [0.05, 0.1) is 11.5 Å². The van der Waals surface area contributed by atoms with E-state index in [2.05, 4.69) is 64.5 Å². The number of nitrogens with one attached hydrogen (secondary N) is 1. The number of aliphatic hydroxyl groups is 1. The van der Waals surface area contributed by atoms with Gasteiger partial charge in [-0.3, -0.25) is 9.78 Å². The third kappa shape index (κ3) is 4.08. The standard InChI is InChI=1S/C37H56N2O2/c1-24(2)26-12-18-37(32(41)39-22-15-25-9-8-21-38-23-25)20-19-35(6)27(31(26)37)10-11-29-34(5)16-14-30(40)33(3,4)28(34)13-17-36(29,35)7/h8-9,21,23,26-31,40H,1,10-20,22H2,2-7H3,(H,39,41)/t26-,27+,28-,29+,30-,31?,34-,35+,36+,37-/m0/s1. The van der Waals surface area contributed by atoms with Gasteiger partial charge in [-0.25, -0.2) is 0 Å². The molecule has 0 bridgehead atoms. The van der Waals surface area contributed by atoms with Crippen LogP contribution < -0.4 is 5.32 Å². The number of allylic oxidation sites excluding steroid dienone is 1. The summed E-state index contributed by atoms with van der Waals surface area (Å²) in [6.45, 7) is 20.0. The van der Waals surface area contributed by atoms with Crippen LogP contribution in [0.4, 0.5) is 0 Å². The minimum Gasteiger partial charge on any atom is -0.393 e. The van der Waals surface area contributed by atoms with E-state index in [4.69, 9.17) is 0 Å². The van der Waals surface area contributed by atoms with Gasteiger partial charge in [0.25, 0.3) is 0 Å². The molecule has 2 N–H and O–H groups in total. The lowest BCUT2D eigenvalue weighted by atomic mass is 9.32. The maximum atomic E-state index is 14.3. The Labute approximate surface area is 249 Å². The van der Waals surface area contributed by atoms with Gasteiger partial charge in [0, 0.05) is 18.9 Å². The van der Waals surface area contributed by atoms with E-state index >= 15 is 0 Å². The number of aliphatic hydroxyl groups excluding tert-OH is 1.